The van der Waals surface area contributed by atoms with E-state index in [-0.39, 0.29) is 0 Å². The van der Waals surface area contributed by atoms with Gasteiger partial charge in [-0.25, -0.2) is 0 Å². The lowest BCUT2D eigenvalue weighted by molar-refractivity contribution is 0.0975. The second kappa shape index (κ2) is 4.27. The number of hydrogen-bond acceptors (Lipinski definition) is 2. The number of piperidine rings is 3. The van der Waals surface area contributed by atoms with Crippen molar-refractivity contribution in [2.45, 2.75) is 18.9 Å². The molecule has 3 aliphatic rings. The Morgan fingerprint density at radius 2 is 1.94 bits per heavy atom. The number of rotatable bonds is 2. The Hall–Kier alpha value is -0.730. The van der Waals surface area contributed by atoms with Gasteiger partial charge in [0.1, 0.15) is 0 Å². The minimum absolute atomic E-state index is 0.586. The molecule has 3 fully saturated rings. The third-order valence-corrected chi connectivity index (χ3v) is 4.20. The number of para-hydroxylation sites is 1. The van der Waals surface area contributed by atoms with Gasteiger partial charge in [-0.15, -0.1) is 0 Å². The number of fused-ring (bicyclic) bond motifs is 3. The van der Waals surface area contributed by atoms with E-state index in [0.717, 1.165) is 16.6 Å². The molecule has 2 nitrogen and oxygen atoms in total. The maximum absolute atomic E-state index is 6.17. The van der Waals surface area contributed by atoms with Gasteiger partial charge in [0.15, 0.2) is 0 Å². The van der Waals surface area contributed by atoms with Gasteiger partial charge in [0.25, 0.3) is 0 Å². The van der Waals surface area contributed by atoms with Crippen LogP contribution < -0.4 is 5.32 Å². The first-order valence-electron chi connectivity index (χ1n) is 6.06. The SMILES string of the molecule is Clc1ccccc1NC1CN2CCC1CC2. The van der Waals surface area contributed by atoms with Crippen LogP contribution >= 0.6 is 11.6 Å². The van der Waals surface area contributed by atoms with E-state index >= 15 is 0 Å². The highest BCUT2D eigenvalue weighted by molar-refractivity contribution is 6.33. The van der Waals surface area contributed by atoms with Crippen molar-refractivity contribution in [3.63, 3.8) is 0 Å². The van der Waals surface area contributed by atoms with E-state index < -0.39 is 0 Å². The van der Waals surface area contributed by atoms with Gasteiger partial charge in [0, 0.05) is 12.6 Å². The van der Waals surface area contributed by atoms with E-state index in [1.807, 2.05) is 18.2 Å². The summed E-state index contributed by atoms with van der Waals surface area (Å²) in [5, 5.41) is 4.44. The molecule has 16 heavy (non-hydrogen) atoms. The Balaban J connectivity index is 1.73. The second-order valence-electron chi connectivity index (χ2n) is 4.87. The summed E-state index contributed by atoms with van der Waals surface area (Å²) in [4.78, 5) is 2.55. The van der Waals surface area contributed by atoms with Gasteiger partial charge in [-0.1, -0.05) is 23.7 Å². The number of nitrogens with one attached hydrogen (secondary N) is 1. The predicted molar refractivity (Wildman–Crippen MR) is 68.0 cm³/mol. The fourth-order valence-electron chi connectivity index (χ4n) is 2.91. The van der Waals surface area contributed by atoms with Crippen LogP contribution in [0.4, 0.5) is 5.69 Å². The summed E-state index contributed by atoms with van der Waals surface area (Å²) in [5.74, 6) is 0.835. The molecule has 3 saturated heterocycles. The van der Waals surface area contributed by atoms with Gasteiger partial charge < -0.3 is 10.2 Å². The Kier molecular flexibility index (Phi) is 2.78. The molecule has 1 aromatic rings. The molecular weight excluding hydrogens is 220 g/mol. The van der Waals surface area contributed by atoms with Crippen LogP contribution in [0.15, 0.2) is 24.3 Å². The number of nitrogens with zero attached hydrogens (tertiary/aromatic N) is 1. The van der Waals surface area contributed by atoms with Crippen LogP contribution in [-0.2, 0) is 0 Å². The summed E-state index contributed by atoms with van der Waals surface area (Å²) in [7, 11) is 0. The molecular formula is C13H17ClN2. The maximum atomic E-state index is 6.17. The first-order valence-corrected chi connectivity index (χ1v) is 6.44. The average molecular weight is 237 g/mol. The highest BCUT2D eigenvalue weighted by Crippen LogP contribution is 2.31. The fraction of sp³-hybridized carbons (Fsp3) is 0.538. The van der Waals surface area contributed by atoms with Crippen molar-refractivity contribution in [1.82, 2.24) is 4.90 Å². The van der Waals surface area contributed by atoms with Gasteiger partial charge in [-0.2, -0.15) is 0 Å². The number of benzene rings is 1. The van der Waals surface area contributed by atoms with Crippen molar-refractivity contribution in [2.75, 3.05) is 25.0 Å². The van der Waals surface area contributed by atoms with E-state index in [9.17, 15) is 0 Å². The van der Waals surface area contributed by atoms with E-state index in [1.54, 1.807) is 0 Å². The topological polar surface area (TPSA) is 15.3 Å². The van der Waals surface area contributed by atoms with Crippen LogP contribution in [0, 0.1) is 5.92 Å². The molecule has 4 rings (SSSR count). The minimum atomic E-state index is 0.586. The lowest BCUT2D eigenvalue weighted by Gasteiger charge is -2.45. The highest BCUT2D eigenvalue weighted by Gasteiger charge is 2.33. The Labute approximate surface area is 102 Å². The monoisotopic (exact) mass is 236 g/mol. The average Bonchev–Trinajstić information content (AvgIpc) is 2.34. The van der Waals surface area contributed by atoms with Gasteiger partial charge in [-0.05, 0) is 44.0 Å². The molecule has 1 aromatic carbocycles. The number of hydrogen-bond donors (Lipinski definition) is 1. The van der Waals surface area contributed by atoms with Gasteiger partial charge in [-0.3, -0.25) is 0 Å². The van der Waals surface area contributed by atoms with Gasteiger partial charge >= 0.3 is 0 Å². The van der Waals surface area contributed by atoms with Crippen LogP contribution in [0.2, 0.25) is 5.02 Å². The highest BCUT2D eigenvalue weighted by atomic mass is 35.5. The predicted octanol–water partition coefficient (Wildman–Crippen LogP) is 2.85. The van der Waals surface area contributed by atoms with Crippen molar-refractivity contribution < 1.29 is 0 Å². The Bertz CT molecular complexity index is 372. The molecule has 0 radical (unpaired) electrons. The number of halogens is 1. The summed E-state index contributed by atoms with van der Waals surface area (Å²) in [5.41, 5.74) is 1.09. The third-order valence-electron chi connectivity index (χ3n) is 3.87. The molecule has 3 heterocycles. The first kappa shape index (κ1) is 10.4. The van der Waals surface area contributed by atoms with E-state index in [4.69, 9.17) is 11.6 Å². The zero-order valence-corrected chi connectivity index (χ0v) is 10.1. The fourth-order valence-corrected chi connectivity index (χ4v) is 3.10. The third kappa shape index (κ3) is 1.92. The largest absolute Gasteiger partial charge is 0.380 e. The summed E-state index contributed by atoms with van der Waals surface area (Å²) >= 11 is 6.17. The zero-order chi connectivity index (χ0) is 11.0. The molecule has 2 bridgehead atoms. The van der Waals surface area contributed by atoms with E-state index in [2.05, 4.69) is 16.3 Å². The summed E-state index contributed by atoms with van der Waals surface area (Å²) < 4.78 is 0. The smallest absolute Gasteiger partial charge is 0.0637 e. The van der Waals surface area contributed by atoms with E-state index in [0.29, 0.717) is 6.04 Å². The summed E-state index contributed by atoms with van der Waals surface area (Å²) in [6.07, 6.45) is 2.67. The Morgan fingerprint density at radius 3 is 2.56 bits per heavy atom. The van der Waals surface area contributed by atoms with Crippen LogP contribution in [0.3, 0.4) is 0 Å². The van der Waals surface area contributed by atoms with Crippen LogP contribution in [0.25, 0.3) is 0 Å². The van der Waals surface area contributed by atoms with Crippen LogP contribution in [-0.4, -0.2) is 30.6 Å². The second-order valence-corrected chi connectivity index (χ2v) is 5.28. The molecule has 86 valence electrons. The van der Waals surface area contributed by atoms with Gasteiger partial charge in [0.2, 0.25) is 0 Å². The molecule has 0 aliphatic carbocycles. The van der Waals surface area contributed by atoms with Crippen LogP contribution in [0.1, 0.15) is 12.8 Å². The molecule has 1 unspecified atom stereocenters. The molecule has 3 aliphatic heterocycles. The van der Waals surface area contributed by atoms with Crippen molar-refractivity contribution in [2.24, 2.45) is 5.92 Å². The van der Waals surface area contributed by atoms with Crippen molar-refractivity contribution in [3.05, 3.63) is 29.3 Å². The molecule has 1 N–H and O–H groups in total. The lowest BCUT2D eigenvalue weighted by Crippen LogP contribution is -2.53. The number of anilines is 1. The van der Waals surface area contributed by atoms with Gasteiger partial charge in [0.05, 0.1) is 10.7 Å². The quantitative estimate of drug-likeness (QED) is 0.850. The molecule has 0 spiro atoms. The molecule has 3 heteroatoms. The maximum Gasteiger partial charge on any atom is 0.0637 e. The summed E-state index contributed by atoms with van der Waals surface area (Å²) in [6.45, 7) is 3.74. The molecule has 0 amide bonds. The van der Waals surface area contributed by atoms with Crippen molar-refractivity contribution in [1.29, 1.82) is 0 Å². The Morgan fingerprint density at radius 1 is 1.19 bits per heavy atom. The van der Waals surface area contributed by atoms with Crippen molar-refractivity contribution >= 4 is 17.3 Å². The van der Waals surface area contributed by atoms with Crippen molar-refractivity contribution in [3.8, 4) is 0 Å². The zero-order valence-electron chi connectivity index (χ0n) is 9.32. The van der Waals surface area contributed by atoms with Crippen LogP contribution in [0.5, 0.6) is 0 Å². The normalized spacial score (nSPS) is 32.7. The molecule has 1 atom stereocenters. The van der Waals surface area contributed by atoms with E-state index in [1.165, 1.54) is 32.5 Å². The lowest BCUT2D eigenvalue weighted by atomic mass is 9.84. The minimum Gasteiger partial charge on any atom is -0.380 e. The summed E-state index contributed by atoms with van der Waals surface area (Å²) in [6, 6.07) is 8.62. The molecule has 0 saturated carbocycles. The first-order chi connectivity index (χ1) is 7.83. The standard InChI is InChI=1S/C13H17ClN2/c14-11-3-1-2-4-12(11)15-13-9-16-7-5-10(13)6-8-16/h1-4,10,13,15H,5-9H2. The molecule has 0 aromatic heterocycles.